The molecule has 0 amide bonds. The fraction of sp³-hybridized carbons (Fsp3) is 0.556. The van der Waals surface area contributed by atoms with Gasteiger partial charge in [-0.15, -0.1) is 11.3 Å². The average Bonchev–Trinajstić information content (AvgIpc) is 2.66. The van der Waals surface area contributed by atoms with Gasteiger partial charge in [0.15, 0.2) is 6.04 Å². The molecule has 1 aliphatic heterocycles. The molecule has 2 heterocycles. The van der Waals surface area contributed by atoms with Crippen LogP contribution in [0.25, 0.3) is 0 Å². The number of carboxylic acid groups (broad SMARTS) is 1. The number of carbonyl (C=O) groups is 1. The first-order valence-corrected chi connectivity index (χ1v) is 6.17. The number of piperazine rings is 1. The van der Waals surface area contributed by atoms with Crippen LogP contribution in [-0.4, -0.2) is 47.1 Å². The van der Waals surface area contributed by atoms with Gasteiger partial charge in [0, 0.05) is 26.2 Å². The molecule has 0 radical (unpaired) electrons. The van der Waals surface area contributed by atoms with Gasteiger partial charge in [-0.25, -0.2) is 4.98 Å². The van der Waals surface area contributed by atoms with Crippen LogP contribution in [0.4, 0.5) is 0 Å². The SMILES string of the molecule is O=C(O)C(c1ncc(Cl)s1)N1CCNCC1. The highest BCUT2D eigenvalue weighted by atomic mass is 35.5. The lowest BCUT2D eigenvalue weighted by Crippen LogP contribution is -2.47. The molecule has 1 aromatic heterocycles. The zero-order valence-electron chi connectivity index (χ0n) is 8.52. The highest BCUT2D eigenvalue weighted by Gasteiger charge is 2.30. The summed E-state index contributed by atoms with van der Waals surface area (Å²) in [6.07, 6.45) is 1.50. The van der Waals surface area contributed by atoms with Crippen molar-refractivity contribution < 1.29 is 9.90 Å². The quantitative estimate of drug-likeness (QED) is 0.844. The van der Waals surface area contributed by atoms with E-state index in [0.717, 1.165) is 13.1 Å². The predicted molar refractivity (Wildman–Crippen MR) is 61.9 cm³/mol. The lowest BCUT2D eigenvalue weighted by atomic mass is 10.2. The molecule has 16 heavy (non-hydrogen) atoms. The lowest BCUT2D eigenvalue weighted by Gasteiger charge is -2.31. The maximum atomic E-state index is 11.3. The molecule has 1 unspecified atom stereocenters. The van der Waals surface area contributed by atoms with Crippen molar-refractivity contribution >= 4 is 28.9 Å². The minimum absolute atomic E-state index is 0.524. The zero-order chi connectivity index (χ0) is 11.5. The topological polar surface area (TPSA) is 65.5 Å². The summed E-state index contributed by atoms with van der Waals surface area (Å²) in [6.45, 7) is 3.05. The van der Waals surface area contributed by atoms with Gasteiger partial charge in [-0.3, -0.25) is 9.69 Å². The van der Waals surface area contributed by atoms with Crippen LogP contribution < -0.4 is 5.32 Å². The third-order valence-electron chi connectivity index (χ3n) is 2.48. The van der Waals surface area contributed by atoms with E-state index >= 15 is 0 Å². The number of halogens is 1. The second-order valence-corrected chi connectivity index (χ2v) is 5.22. The first kappa shape index (κ1) is 11.8. The maximum Gasteiger partial charge on any atom is 0.328 e. The molecule has 2 rings (SSSR count). The van der Waals surface area contributed by atoms with Gasteiger partial charge in [0.1, 0.15) is 9.34 Å². The minimum atomic E-state index is -0.868. The Morgan fingerprint density at radius 2 is 2.31 bits per heavy atom. The molecule has 0 spiro atoms. The molecule has 7 heteroatoms. The van der Waals surface area contributed by atoms with Crippen LogP contribution in [0.2, 0.25) is 4.34 Å². The van der Waals surface area contributed by atoms with Gasteiger partial charge < -0.3 is 10.4 Å². The molecule has 2 N–H and O–H groups in total. The van der Waals surface area contributed by atoms with Crippen LogP contribution in [0.5, 0.6) is 0 Å². The van der Waals surface area contributed by atoms with Crippen LogP contribution in [-0.2, 0) is 4.79 Å². The number of rotatable bonds is 3. The molecule has 1 fully saturated rings. The van der Waals surface area contributed by atoms with E-state index in [4.69, 9.17) is 11.6 Å². The highest BCUT2D eigenvalue weighted by molar-refractivity contribution is 7.16. The van der Waals surface area contributed by atoms with Crippen molar-refractivity contribution in [3.63, 3.8) is 0 Å². The Bertz CT molecular complexity index is 379. The molecule has 0 bridgehead atoms. The molecular weight excluding hydrogens is 250 g/mol. The van der Waals surface area contributed by atoms with E-state index in [1.165, 1.54) is 17.5 Å². The molecule has 1 aliphatic rings. The molecule has 0 aromatic carbocycles. The van der Waals surface area contributed by atoms with E-state index < -0.39 is 12.0 Å². The van der Waals surface area contributed by atoms with Crippen molar-refractivity contribution in [2.75, 3.05) is 26.2 Å². The van der Waals surface area contributed by atoms with E-state index in [2.05, 4.69) is 10.3 Å². The molecule has 1 saturated heterocycles. The molecule has 88 valence electrons. The summed E-state index contributed by atoms with van der Waals surface area (Å²) in [5.74, 6) is -0.868. The highest BCUT2D eigenvalue weighted by Crippen LogP contribution is 2.28. The third-order valence-corrected chi connectivity index (χ3v) is 3.65. The van der Waals surface area contributed by atoms with Crippen molar-refractivity contribution in [2.24, 2.45) is 0 Å². The van der Waals surface area contributed by atoms with E-state index in [0.29, 0.717) is 22.4 Å². The van der Waals surface area contributed by atoms with Gasteiger partial charge in [-0.2, -0.15) is 0 Å². The van der Waals surface area contributed by atoms with Gasteiger partial charge in [-0.1, -0.05) is 11.6 Å². The third kappa shape index (κ3) is 2.52. The largest absolute Gasteiger partial charge is 0.480 e. The average molecular weight is 262 g/mol. The van der Waals surface area contributed by atoms with Crippen LogP contribution in [0.15, 0.2) is 6.20 Å². The summed E-state index contributed by atoms with van der Waals surface area (Å²) < 4.78 is 0.524. The fourth-order valence-electron chi connectivity index (χ4n) is 1.75. The normalized spacial score (nSPS) is 19.6. The zero-order valence-corrected chi connectivity index (χ0v) is 10.1. The lowest BCUT2D eigenvalue weighted by molar-refractivity contribution is -0.143. The van der Waals surface area contributed by atoms with Crippen LogP contribution in [0.3, 0.4) is 0 Å². The van der Waals surface area contributed by atoms with E-state index in [1.807, 2.05) is 4.90 Å². The number of thiazole rings is 1. The number of nitrogens with zero attached hydrogens (tertiary/aromatic N) is 2. The summed E-state index contributed by atoms with van der Waals surface area (Å²) in [4.78, 5) is 17.2. The van der Waals surface area contributed by atoms with Crippen molar-refractivity contribution in [3.05, 3.63) is 15.5 Å². The summed E-state index contributed by atoms with van der Waals surface area (Å²) in [5, 5.41) is 13.0. The molecule has 0 aliphatic carbocycles. The molecular formula is C9H12ClN3O2S. The number of carboxylic acids is 1. The molecule has 5 nitrogen and oxygen atoms in total. The molecule has 1 atom stereocenters. The summed E-state index contributed by atoms with van der Waals surface area (Å²) in [5.41, 5.74) is 0. The first-order chi connectivity index (χ1) is 7.68. The number of aromatic nitrogens is 1. The van der Waals surface area contributed by atoms with Crippen LogP contribution in [0, 0.1) is 0 Å². The molecule has 0 saturated carbocycles. The second kappa shape index (κ2) is 5.09. The second-order valence-electron chi connectivity index (χ2n) is 3.53. The van der Waals surface area contributed by atoms with Crippen molar-refractivity contribution in [2.45, 2.75) is 6.04 Å². The van der Waals surface area contributed by atoms with Gasteiger partial charge >= 0.3 is 5.97 Å². The van der Waals surface area contributed by atoms with Gasteiger partial charge in [0.2, 0.25) is 0 Å². The summed E-state index contributed by atoms with van der Waals surface area (Å²) in [7, 11) is 0. The summed E-state index contributed by atoms with van der Waals surface area (Å²) in [6, 6.07) is -0.667. The first-order valence-electron chi connectivity index (χ1n) is 4.97. The minimum Gasteiger partial charge on any atom is -0.480 e. The Morgan fingerprint density at radius 1 is 1.62 bits per heavy atom. The predicted octanol–water partition coefficient (Wildman–Crippen LogP) is 0.827. The monoisotopic (exact) mass is 261 g/mol. The number of nitrogens with one attached hydrogen (secondary N) is 1. The molecule has 1 aromatic rings. The van der Waals surface area contributed by atoms with Crippen LogP contribution >= 0.6 is 22.9 Å². The Labute approximate surface area is 102 Å². The Hall–Kier alpha value is -0.690. The van der Waals surface area contributed by atoms with E-state index in [1.54, 1.807) is 0 Å². The van der Waals surface area contributed by atoms with Crippen molar-refractivity contribution in [3.8, 4) is 0 Å². The maximum absolute atomic E-state index is 11.3. The number of hydrogen-bond acceptors (Lipinski definition) is 5. The summed E-state index contributed by atoms with van der Waals surface area (Å²) >= 11 is 7.01. The van der Waals surface area contributed by atoms with Crippen molar-refractivity contribution in [1.29, 1.82) is 0 Å². The number of hydrogen-bond donors (Lipinski definition) is 2. The Kier molecular flexibility index (Phi) is 3.75. The fourth-order valence-corrected chi connectivity index (χ4v) is 2.81. The number of aliphatic carboxylic acids is 1. The van der Waals surface area contributed by atoms with Crippen molar-refractivity contribution in [1.82, 2.24) is 15.2 Å². The smallest absolute Gasteiger partial charge is 0.328 e. The van der Waals surface area contributed by atoms with E-state index in [-0.39, 0.29) is 0 Å². The van der Waals surface area contributed by atoms with Crippen LogP contribution in [0.1, 0.15) is 11.0 Å². The van der Waals surface area contributed by atoms with Gasteiger partial charge in [-0.05, 0) is 0 Å². The van der Waals surface area contributed by atoms with Gasteiger partial charge in [0.25, 0.3) is 0 Å². The van der Waals surface area contributed by atoms with Gasteiger partial charge in [0.05, 0.1) is 6.20 Å². The Morgan fingerprint density at radius 3 is 2.81 bits per heavy atom. The Balaban J connectivity index is 2.19. The van der Waals surface area contributed by atoms with E-state index in [9.17, 15) is 9.90 Å². The standard InChI is InChI=1S/C9H12ClN3O2S/c10-6-5-12-8(16-6)7(9(14)15)13-3-1-11-2-4-13/h5,7,11H,1-4H2,(H,14,15).